The number of phosphoric acid groups is 3. The zero-order chi connectivity index (χ0) is 12.2. The average Bonchev–Trinajstić information content (AvgIpc) is 1.42. The number of hydrogen-bond acceptors (Lipinski definition) is 9. The van der Waals surface area contributed by atoms with E-state index in [1.165, 1.54) is 0 Å². The minimum atomic E-state index is -5.68. The van der Waals surface area contributed by atoms with E-state index in [1.807, 2.05) is 0 Å². The van der Waals surface area contributed by atoms with E-state index < -0.39 is 23.5 Å². The molecule has 2 N–H and O–H groups in total. The van der Waals surface area contributed by atoms with Crippen LogP contribution in [-0.2, 0) is 18.0 Å². The molecule has 0 amide bonds. The monoisotopic (exact) mass is 322 g/mol. The van der Waals surface area contributed by atoms with Crippen LogP contribution in [0.4, 0.5) is 0 Å². The van der Waals surface area contributed by atoms with E-state index >= 15 is 0 Å². The number of hydrogen-bond donors (Lipinski definition) is 2. The summed E-state index contributed by atoms with van der Waals surface area (Å²) >= 11 is 0. The van der Waals surface area contributed by atoms with Crippen molar-refractivity contribution in [2.24, 2.45) is 0 Å². The SMILES string of the molecule is O=P([O-])(O)O.O=P([O-])([O-])OP(=O)([O-])[O-].[Al+3].[Mg+2]. The Balaban J connectivity index is -0.0000000904. The molecule has 0 aliphatic rings. The van der Waals surface area contributed by atoms with Gasteiger partial charge in [-0.05, 0) is 0 Å². The molecule has 0 spiro atoms. The van der Waals surface area contributed by atoms with Crippen LogP contribution in [0.1, 0.15) is 0 Å². The largest absolute Gasteiger partial charge is 3.00 e. The molecule has 0 aromatic carbocycles. The Kier molecular flexibility index (Phi) is 15.7. The topological polar surface area (TPSA) is 216 Å². The summed E-state index contributed by atoms with van der Waals surface area (Å²) < 4.78 is 29.9. The molecule has 0 bridgehead atoms. The Morgan fingerprint density at radius 3 is 0.938 bits per heavy atom. The van der Waals surface area contributed by atoms with Crippen molar-refractivity contribution >= 4 is 63.9 Å². The van der Waals surface area contributed by atoms with Gasteiger partial charge in [-0.3, -0.25) is 4.57 Å². The van der Waals surface area contributed by atoms with Crippen molar-refractivity contribution in [2.75, 3.05) is 0 Å². The minimum absolute atomic E-state index is 0. The van der Waals surface area contributed by atoms with Crippen LogP contribution in [0.5, 0.6) is 0 Å². The van der Waals surface area contributed by atoms with Gasteiger partial charge in [0.15, 0.2) is 0 Å². The van der Waals surface area contributed by atoms with Crippen LogP contribution in [0.3, 0.4) is 0 Å². The molecular formula is H2AlMgO11P3. The van der Waals surface area contributed by atoms with Crippen molar-refractivity contribution in [3.8, 4) is 0 Å². The molecule has 88 valence electrons. The molecule has 16 heteroatoms. The molecule has 0 saturated carbocycles. The third kappa shape index (κ3) is 57.3. The van der Waals surface area contributed by atoms with Crippen LogP contribution in [0.25, 0.3) is 0 Å². The molecule has 0 atom stereocenters. The van der Waals surface area contributed by atoms with E-state index in [4.69, 9.17) is 19.2 Å². The Labute approximate surface area is 116 Å². The molecule has 0 aromatic heterocycles. The van der Waals surface area contributed by atoms with Crippen LogP contribution in [-0.4, -0.2) is 50.2 Å². The third-order valence-corrected chi connectivity index (χ3v) is 1.80. The van der Waals surface area contributed by atoms with Crippen LogP contribution in [0, 0.1) is 0 Å². The summed E-state index contributed by atoms with van der Waals surface area (Å²) in [5, 5.41) is 0. The van der Waals surface area contributed by atoms with Crippen molar-refractivity contribution < 1.29 is 52.3 Å². The smallest absolute Gasteiger partial charge is 0.790 e. The minimum Gasteiger partial charge on any atom is -0.790 e. The summed E-state index contributed by atoms with van der Waals surface area (Å²) in [7, 11) is -16.2. The molecule has 0 saturated heterocycles. The molecule has 16 heavy (non-hydrogen) atoms. The standard InChI is InChI=1S/Al.Mg.H4O7P2.H3O4P/c;;1-8(2,3)7-9(4,5)6;1-5(2,3)4/h;;(H2,1,2,3)(H2,4,5,6);(H3,1,2,3,4)/q+3;+2;;/p-5. The molecule has 0 fully saturated rings. The summed E-state index contributed by atoms with van der Waals surface area (Å²) in [4.78, 5) is 60.2. The molecule has 0 rings (SSSR count). The van der Waals surface area contributed by atoms with Gasteiger partial charge in [0.05, 0.1) is 15.6 Å². The molecule has 0 aliphatic heterocycles. The molecule has 0 heterocycles. The van der Waals surface area contributed by atoms with Gasteiger partial charge < -0.3 is 47.7 Å². The normalized spacial score (nSPS) is 11.4. The van der Waals surface area contributed by atoms with E-state index in [-0.39, 0.29) is 40.4 Å². The van der Waals surface area contributed by atoms with E-state index in [0.717, 1.165) is 0 Å². The fourth-order valence-corrected chi connectivity index (χ4v) is 1.10. The molecule has 11 nitrogen and oxygen atoms in total. The summed E-state index contributed by atoms with van der Waals surface area (Å²) in [5.74, 6) is 0. The predicted octanol–water partition coefficient (Wildman–Crippen LogP) is -5.66. The molecule has 0 radical (unpaired) electrons. The maximum absolute atomic E-state index is 9.32. The Bertz CT molecular complexity index is 264. The summed E-state index contributed by atoms with van der Waals surface area (Å²) in [6, 6.07) is 0. The van der Waals surface area contributed by atoms with Crippen LogP contribution in [0.15, 0.2) is 0 Å². The van der Waals surface area contributed by atoms with Crippen molar-refractivity contribution in [3.05, 3.63) is 0 Å². The maximum Gasteiger partial charge on any atom is 3.00 e. The molecule has 0 aliphatic carbocycles. The maximum atomic E-state index is 9.32. The third-order valence-electron chi connectivity index (χ3n) is 0.200. The van der Waals surface area contributed by atoms with E-state index in [9.17, 15) is 28.7 Å². The van der Waals surface area contributed by atoms with Crippen LogP contribution in [0.2, 0.25) is 0 Å². The van der Waals surface area contributed by atoms with Crippen LogP contribution < -0.4 is 24.5 Å². The zero-order valence-corrected chi connectivity index (χ0v) is 12.4. The van der Waals surface area contributed by atoms with Crippen molar-refractivity contribution in [3.63, 3.8) is 0 Å². The Hall–Kier alpha value is 1.67. The van der Waals surface area contributed by atoms with Crippen LogP contribution >= 0.6 is 23.5 Å². The van der Waals surface area contributed by atoms with Gasteiger partial charge in [0.25, 0.3) is 7.82 Å². The second kappa shape index (κ2) is 9.58. The van der Waals surface area contributed by atoms with Crippen molar-refractivity contribution in [1.29, 1.82) is 0 Å². The van der Waals surface area contributed by atoms with Gasteiger partial charge in [0, 0.05) is 0 Å². The summed E-state index contributed by atoms with van der Waals surface area (Å²) in [5.41, 5.74) is 0. The first kappa shape index (κ1) is 26.3. The zero-order valence-electron chi connectivity index (χ0n) is 7.19. The molecular weight excluding hydrogens is 320 g/mol. The summed E-state index contributed by atoms with van der Waals surface area (Å²) in [6.45, 7) is 0. The van der Waals surface area contributed by atoms with E-state index in [1.54, 1.807) is 0 Å². The number of rotatable bonds is 2. The summed E-state index contributed by atoms with van der Waals surface area (Å²) in [6.07, 6.45) is 0. The van der Waals surface area contributed by atoms with Gasteiger partial charge in [0.1, 0.15) is 0 Å². The van der Waals surface area contributed by atoms with Crippen molar-refractivity contribution in [1.82, 2.24) is 0 Å². The van der Waals surface area contributed by atoms with E-state index in [2.05, 4.69) is 4.31 Å². The molecule has 0 unspecified atom stereocenters. The van der Waals surface area contributed by atoms with Gasteiger partial charge >= 0.3 is 40.4 Å². The second-order valence-corrected chi connectivity index (χ2v) is 4.89. The first-order valence-electron chi connectivity index (χ1n) is 2.23. The van der Waals surface area contributed by atoms with Crippen molar-refractivity contribution in [2.45, 2.75) is 0 Å². The second-order valence-electron chi connectivity index (χ2n) is 1.47. The fourth-order valence-electron chi connectivity index (χ4n) is 0.122. The van der Waals surface area contributed by atoms with Gasteiger partial charge in [0.2, 0.25) is 0 Å². The fraction of sp³-hybridized carbons (Fsp3) is 0. The quantitative estimate of drug-likeness (QED) is 0.360. The van der Waals surface area contributed by atoms with Gasteiger partial charge in [-0.15, -0.1) is 0 Å². The van der Waals surface area contributed by atoms with Gasteiger partial charge in [-0.25, -0.2) is 0 Å². The van der Waals surface area contributed by atoms with E-state index in [0.29, 0.717) is 0 Å². The Morgan fingerprint density at radius 2 is 0.938 bits per heavy atom. The average molecular weight is 322 g/mol. The van der Waals surface area contributed by atoms with Gasteiger partial charge in [-0.2, -0.15) is 0 Å². The first-order chi connectivity index (χ1) is 5.71. The predicted molar refractivity (Wildman–Crippen MR) is 39.9 cm³/mol. The first-order valence-corrected chi connectivity index (χ1v) is 6.68. The molecule has 0 aromatic rings. The Morgan fingerprint density at radius 1 is 0.812 bits per heavy atom. The van der Waals surface area contributed by atoms with Gasteiger partial charge in [-0.1, -0.05) is 0 Å².